The largest absolute Gasteiger partial charge is 0.481 e. The maximum absolute atomic E-state index is 12.8. The van der Waals surface area contributed by atoms with Crippen LogP contribution < -0.4 is 19.5 Å². The number of nitrogens with zero attached hydrogens (tertiary/aromatic N) is 4. The zero-order valence-corrected chi connectivity index (χ0v) is 18.3. The molecule has 0 aliphatic carbocycles. The molecule has 2 aromatic heterocycles. The van der Waals surface area contributed by atoms with Crippen LogP contribution in [0.25, 0.3) is 10.8 Å². The van der Waals surface area contributed by atoms with E-state index in [0.717, 1.165) is 16.5 Å². The van der Waals surface area contributed by atoms with Gasteiger partial charge in [0, 0.05) is 22.5 Å². The van der Waals surface area contributed by atoms with Gasteiger partial charge in [-0.05, 0) is 31.2 Å². The van der Waals surface area contributed by atoms with Crippen molar-refractivity contribution in [3.05, 3.63) is 60.3 Å². The maximum atomic E-state index is 12.8. The predicted molar refractivity (Wildman–Crippen MR) is 120 cm³/mol. The molecule has 0 unspecified atom stereocenters. The summed E-state index contributed by atoms with van der Waals surface area (Å²) in [5, 5.41) is 13.5. The van der Waals surface area contributed by atoms with Crippen molar-refractivity contribution >= 4 is 38.1 Å². The molecule has 2 aromatic carbocycles. The standard InChI is InChI=1S/C21H20N6O4S/c1-13-16-6-4-5-7-17(16)20(26-25-13)22-14-8-10-15(11-9-14)32(28,29)27-18-12-19(30-2)24-21(23-18)31-3/h4-12H,1-3H3,(H,22,26)(H,23,24,27). The molecule has 0 amide bonds. The normalized spacial score (nSPS) is 11.2. The van der Waals surface area contributed by atoms with Crippen LogP contribution in [-0.4, -0.2) is 42.8 Å². The number of rotatable bonds is 7. The van der Waals surface area contributed by atoms with Gasteiger partial charge >= 0.3 is 6.01 Å². The van der Waals surface area contributed by atoms with Crippen LogP contribution in [0.1, 0.15) is 5.69 Å². The van der Waals surface area contributed by atoms with E-state index >= 15 is 0 Å². The second-order valence-electron chi connectivity index (χ2n) is 6.72. The molecule has 0 saturated heterocycles. The van der Waals surface area contributed by atoms with Gasteiger partial charge in [-0.1, -0.05) is 24.3 Å². The molecule has 32 heavy (non-hydrogen) atoms. The maximum Gasteiger partial charge on any atom is 0.321 e. The van der Waals surface area contributed by atoms with E-state index in [1.807, 2.05) is 31.2 Å². The number of sulfonamides is 1. The first-order chi connectivity index (χ1) is 15.4. The van der Waals surface area contributed by atoms with Crippen LogP contribution in [0, 0.1) is 6.92 Å². The molecule has 0 fully saturated rings. The zero-order chi connectivity index (χ0) is 22.7. The molecule has 11 heteroatoms. The molecule has 0 spiro atoms. The van der Waals surface area contributed by atoms with Gasteiger partial charge in [0.2, 0.25) is 5.88 Å². The Bertz CT molecular complexity index is 1350. The van der Waals surface area contributed by atoms with Gasteiger partial charge in [0.05, 0.1) is 24.8 Å². The average Bonchev–Trinajstić information content (AvgIpc) is 2.81. The number of fused-ring (bicyclic) bond motifs is 1. The summed E-state index contributed by atoms with van der Waals surface area (Å²) in [4.78, 5) is 7.99. The number of anilines is 3. The fraction of sp³-hybridized carbons (Fsp3) is 0.143. The number of nitrogens with one attached hydrogen (secondary N) is 2. The fourth-order valence-corrected chi connectivity index (χ4v) is 4.03. The molecule has 4 aromatic rings. The first-order valence-corrected chi connectivity index (χ1v) is 11.0. The molecule has 2 N–H and O–H groups in total. The van der Waals surface area contributed by atoms with Crippen molar-refractivity contribution in [2.24, 2.45) is 0 Å². The zero-order valence-electron chi connectivity index (χ0n) is 17.5. The van der Waals surface area contributed by atoms with Gasteiger partial charge in [-0.2, -0.15) is 15.1 Å². The van der Waals surface area contributed by atoms with Crippen molar-refractivity contribution in [2.75, 3.05) is 24.3 Å². The Labute approximate surface area is 184 Å². The van der Waals surface area contributed by atoms with Crippen LogP contribution >= 0.6 is 0 Å². The Hall–Kier alpha value is -3.99. The second kappa shape index (κ2) is 8.63. The van der Waals surface area contributed by atoms with E-state index in [1.165, 1.54) is 32.4 Å². The van der Waals surface area contributed by atoms with Crippen LogP contribution in [0.2, 0.25) is 0 Å². The summed E-state index contributed by atoms with van der Waals surface area (Å²) in [5.74, 6) is 0.776. The minimum absolute atomic E-state index is 0.0203. The lowest BCUT2D eigenvalue weighted by Gasteiger charge is -2.11. The number of ether oxygens (including phenoxy) is 2. The van der Waals surface area contributed by atoms with Crippen molar-refractivity contribution in [1.82, 2.24) is 20.2 Å². The van der Waals surface area contributed by atoms with Crippen molar-refractivity contribution in [3.63, 3.8) is 0 Å². The highest BCUT2D eigenvalue weighted by molar-refractivity contribution is 7.92. The molecule has 164 valence electrons. The van der Waals surface area contributed by atoms with Crippen LogP contribution in [0.3, 0.4) is 0 Å². The highest BCUT2D eigenvalue weighted by Crippen LogP contribution is 2.26. The van der Waals surface area contributed by atoms with Crippen LogP contribution in [-0.2, 0) is 10.0 Å². The highest BCUT2D eigenvalue weighted by atomic mass is 32.2. The lowest BCUT2D eigenvalue weighted by Crippen LogP contribution is -2.14. The second-order valence-corrected chi connectivity index (χ2v) is 8.40. The Balaban J connectivity index is 1.57. The summed E-state index contributed by atoms with van der Waals surface area (Å²) in [5.41, 5.74) is 1.49. The van der Waals surface area contributed by atoms with Crippen molar-refractivity contribution in [3.8, 4) is 11.9 Å². The quantitative estimate of drug-likeness (QED) is 0.434. The van der Waals surface area contributed by atoms with Gasteiger partial charge in [-0.3, -0.25) is 4.72 Å². The minimum atomic E-state index is -3.90. The third-order valence-corrected chi connectivity index (χ3v) is 5.98. The molecule has 0 radical (unpaired) electrons. The average molecular weight is 452 g/mol. The molecule has 2 heterocycles. The summed E-state index contributed by atoms with van der Waals surface area (Å²) in [6.07, 6.45) is 0. The lowest BCUT2D eigenvalue weighted by molar-refractivity contribution is 0.353. The molecule has 10 nitrogen and oxygen atoms in total. The smallest absolute Gasteiger partial charge is 0.321 e. The summed E-state index contributed by atoms with van der Waals surface area (Å²) >= 11 is 0. The molecular weight excluding hydrogens is 432 g/mol. The van der Waals surface area contributed by atoms with E-state index in [-0.39, 0.29) is 22.6 Å². The number of aryl methyl sites for hydroxylation is 1. The van der Waals surface area contributed by atoms with Gasteiger partial charge in [0.25, 0.3) is 10.0 Å². The molecule has 0 aliphatic rings. The van der Waals surface area contributed by atoms with Gasteiger partial charge in [-0.25, -0.2) is 8.42 Å². The summed E-state index contributed by atoms with van der Waals surface area (Å²) in [7, 11) is -1.11. The monoisotopic (exact) mass is 452 g/mol. The Morgan fingerprint density at radius 2 is 1.59 bits per heavy atom. The highest BCUT2D eigenvalue weighted by Gasteiger charge is 2.17. The van der Waals surface area contributed by atoms with Crippen molar-refractivity contribution in [1.29, 1.82) is 0 Å². The van der Waals surface area contributed by atoms with Gasteiger partial charge in [0.15, 0.2) is 11.6 Å². The molecule has 0 atom stereocenters. The Kier molecular flexibility index (Phi) is 5.73. The van der Waals surface area contributed by atoms with Crippen molar-refractivity contribution < 1.29 is 17.9 Å². The third kappa shape index (κ3) is 4.37. The van der Waals surface area contributed by atoms with E-state index in [9.17, 15) is 8.42 Å². The summed E-state index contributed by atoms with van der Waals surface area (Å²) in [6.45, 7) is 1.90. The summed E-state index contributed by atoms with van der Waals surface area (Å²) in [6, 6.07) is 15.4. The van der Waals surface area contributed by atoms with Crippen molar-refractivity contribution in [2.45, 2.75) is 11.8 Å². The summed E-state index contributed by atoms with van der Waals surface area (Å²) < 4.78 is 38.0. The van der Waals surface area contributed by atoms with Crippen LogP contribution in [0.4, 0.5) is 17.3 Å². The lowest BCUT2D eigenvalue weighted by atomic mass is 10.1. The number of methoxy groups -OCH3 is 2. The SMILES string of the molecule is COc1cc(NS(=O)(=O)c2ccc(Nc3nnc(C)c4ccccc34)cc2)nc(OC)n1. The molecule has 0 aliphatic heterocycles. The van der Waals surface area contributed by atoms with E-state index in [1.54, 1.807) is 12.1 Å². The van der Waals surface area contributed by atoms with E-state index < -0.39 is 10.0 Å². The predicted octanol–water partition coefficient (Wildman–Crippen LogP) is 3.29. The fourth-order valence-electron chi connectivity index (χ4n) is 3.03. The third-order valence-electron chi connectivity index (χ3n) is 4.61. The first kappa shape index (κ1) is 21.2. The number of hydrogen-bond acceptors (Lipinski definition) is 9. The van der Waals surface area contributed by atoms with Crippen LogP contribution in [0.15, 0.2) is 59.5 Å². The van der Waals surface area contributed by atoms with Gasteiger partial charge in [0.1, 0.15) is 0 Å². The first-order valence-electron chi connectivity index (χ1n) is 9.48. The molecule has 0 bridgehead atoms. The van der Waals surface area contributed by atoms with E-state index in [0.29, 0.717) is 11.5 Å². The van der Waals surface area contributed by atoms with Gasteiger partial charge < -0.3 is 14.8 Å². The van der Waals surface area contributed by atoms with E-state index in [4.69, 9.17) is 9.47 Å². The topological polar surface area (TPSA) is 128 Å². The Morgan fingerprint density at radius 1 is 0.875 bits per heavy atom. The van der Waals surface area contributed by atoms with Crippen LogP contribution in [0.5, 0.6) is 11.9 Å². The van der Waals surface area contributed by atoms with Gasteiger partial charge in [-0.15, -0.1) is 5.10 Å². The number of aromatic nitrogens is 4. The van der Waals surface area contributed by atoms with E-state index in [2.05, 4.69) is 30.2 Å². The molecule has 0 saturated carbocycles. The molecular formula is C21H20N6O4S. The Morgan fingerprint density at radius 3 is 2.28 bits per heavy atom. The number of benzene rings is 2. The molecule has 4 rings (SSSR count). The number of hydrogen-bond donors (Lipinski definition) is 2. The minimum Gasteiger partial charge on any atom is -0.481 e.